The maximum atomic E-state index is 4.42. The molecule has 0 aliphatic carbocycles. The van der Waals surface area contributed by atoms with Crippen LogP contribution in [0.1, 0.15) is 31.4 Å². The summed E-state index contributed by atoms with van der Waals surface area (Å²) < 4.78 is 2.38. The zero-order chi connectivity index (χ0) is 11.8. The summed E-state index contributed by atoms with van der Waals surface area (Å²) in [5.41, 5.74) is 0. The fourth-order valence-electron chi connectivity index (χ4n) is 3.15. The van der Waals surface area contributed by atoms with Gasteiger partial charge in [-0.3, -0.25) is 0 Å². The summed E-state index contributed by atoms with van der Waals surface area (Å²) in [7, 11) is 2.21. The van der Waals surface area contributed by atoms with Gasteiger partial charge in [0.25, 0.3) is 0 Å². The van der Waals surface area contributed by atoms with Gasteiger partial charge in [-0.05, 0) is 38.3 Å². The number of aryl methyl sites for hydroxylation is 1. The van der Waals surface area contributed by atoms with Gasteiger partial charge in [0.15, 0.2) is 0 Å². The first kappa shape index (κ1) is 11.2. The van der Waals surface area contributed by atoms with E-state index in [4.69, 9.17) is 0 Å². The zero-order valence-corrected chi connectivity index (χ0v) is 10.9. The summed E-state index contributed by atoms with van der Waals surface area (Å²) in [6.45, 7) is 5.91. The van der Waals surface area contributed by atoms with Crippen molar-refractivity contribution in [1.82, 2.24) is 19.7 Å². The molecule has 2 aliphatic rings. The van der Waals surface area contributed by atoms with Gasteiger partial charge >= 0.3 is 0 Å². The van der Waals surface area contributed by atoms with Crippen LogP contribution in [0.5, 0.6) is 0 Å². The van der Waals surface area contributed by atoms with E-state index in [-0.39, 0.29) is 0 Å². The standard InChI is InChI=1S/C13H22N4/c1-10-3-4-12-14-15-13(17(12)8-10)7-11-5-6-16(2)9-11/h10-11H,3-9H2,1-2H3. The first-order chi connectivity index (χ1) is 8.22. The highest BCUT2D eigenvalue weighted by molar-refractivity contribution is 5.01. The number of fused-ring (bicyclic) bond motifs is 1. The maximum Gasteiger partial charge on any atom is 0.133 e. The summed E-state index contributed by atoms with van der Waals surface area (Å²) in [5, 5.41) is 8.77. The van der Waals surface area contributed by atoms with E-state index < -0.39 is 0 Å². The third-order valence-corrected chi connectivity index (χ3v) is 4.22. The number of rotatable bonds is 2. The first-order valence-electron chi connectivity index (χ1n) is 6.82. The normalized spacial score (nSPS) is 29.5. The highest BCUT2D eigenvalue weighted by atomic mass is 15.3. The molecule has 94 valence electrons. The van der Waals surface area contributed by atoms with Gasteiger partial charge in [-0.15, -0.1) is 10.2 Å². The third kappa shape index (κ3) is 2.23. The van der Waals surface area contributed by atoms with Crippen molar-refractivity contribution in [2.45, 2.75) is 39.2 Å². The second kappa shape index (κ2) is 4.41. The Kier molecular flexibility index (Phi) is 2.90. The maximum absolute atomic E-state index is 4.42. The van der Waals surface area contributed by atoms with E-state index in [0.29, 0.717) is 0 Å². The van der Waals surface area contributed by atoms with E-state index >= 15 is 0 Å². The minimum Gasteiger partial charge on any atom is -0.315 e. The van der Waals surface area contributed by atoms with Crippen LogP contribution in [0.4, 0.5) is 0 Å². The summed E-state index contributed by atoms with van der Waals surface area (Å²) in [6.07, 6.45) is 4.81. The van der Waals surface area contributed by atoms with Crippen LogP contribution in [0.2, 0.25) is 0 Å². The number of likely N-dealkylation sites (tertiary alicyclic amines) is 1. The van der Waals surface area contributed by atoms with Gasteiger partial charge in [-0.2, -0.15) is 0 Å². The van der Waals surface area contributed by atoms with Crippen molar-refractivity contribution < 1.29 is 0 Å². The van der Waals surface area contributed by atoms with Gasteiger partial charge in [0.1, 0.15) is 11.6 Å². The molecule has 1 fully saturated rings. The van der Waals surface area contributed by atoms with Gasteiger partial charge in [-0.1, -0.05) is 6.92 Å². The Hall–Kier alpha value is -0.900. The molecule has 17 heavy (non-hydrogen) atoms. The predicted molar refractivity (Wildman–Crippen MR) is 66.8 cm³/mol. The Labute approximate surface area is 103 Å². The Bertz CT molecular complexity index is 398. The summed E-state index contributed by atoms with van der Waals surface area (Å²) in [4.78, 5) is 2.42. The fourth-order valence-corrected chi connectivity index (χ4v) is 3.15. The highest BCUT2D eigenvalue weighted by Crippen LogP contribution is 2.23. The lowest BCUT2D eigenvalue weighted by Gasteiger charge is -2.21. The molecule has 0 bridgehead atoms. The van der Waals surface area contributed by atoms with Crippen molar-refractivity contribution in [3.63, 3.8) is 0 Å². The lowest BCUT2D eigenvalue weighted by molar-refractivity contribution is 0.370. The molecule has 1 aromatic rings. The quantitative estimate of drug-likeness (QED) is 0.774. The number of hydrogen-bond acceptors (Lipinski definition) is 3. The molecule has 0 N–H and O–H groups in total. The van der Waals surface area contributed by atoms with E-state index in [1.54, 1.807) is 0 Å². The van der Waals surface area contributed by atoms with Crippen molar-refractivity contribution >= 4 is 0 Å². The lowest BCUT2D eigenvalue weighted by atomic mass is 10.0. The average Bonchev–Trinajstić information content (AvgIpc) is 2.87. The third-order valence-electron chi connectivity index (χ3n) is 4.22. The van der Waals surface area contributed by atoms with Gasteiger partial charge < -0.3 is 9.47 Å². The van der Waals surface area contributed by atoms with Crippen molar-refractivity contribution in [2.75, 3.05) is 20.1 Å². The summed E-state index contributed by atoms with van der Waals surface area (Å²) >= 11 is 0. The van der Waals surface area contributed by atoms with Crippen LogP contribution in [0.3, 0.4) is 0 Å². The SMILES string of the molecule is CC1CCc2nnc(CC3CCN(C)C3)n2C1. The molecule has 0 amide bonds. The molecule has 2 aliphatic heterocycles. The smallest absolute Gasteiger partial charge is 0.133 e. The van der Waals surface area contributed by atoms with Crippen molar-refractivity contribution in [2.24, 2.45) is 11.8 Å². The molecule has 0 aromatic carbocycles. The number of nitrogens with zero attached hydrogens (tertiary/aromatic N) is 4. The molecular formula is C13H22N4. The molecule has 0 radical (unpaired) electrons. The molecule has 3 rings (SSSR count). The molecule has 1 aromatic heterocycles. The van der Waals surface area contributed by atoms with E-state index in [1.165, 1.54) is 37.6 Å². The van der Waals surface area contributed by atoms with E-state index in [1.807, 2.05) is 0 Å². The Morgan fingerprint density at radius 2 is 2.12 bits per heavy atom. The topological polar surface area (TPSA) is 34.0 Å². The van der Waals surface area contributed by atoms with E-state index in [0.717, 1.165) is 31.2 Å². The van der Waals surface area contributed by atoms with Crippen LogP contribution in [-0.4, -0.2) is 39.8 Å². The van der Waals surface area contributed by atoms with Gasteiger partial charge in [0, 0.05) is 25.9 Å². The fraction of sp³-hybridized carbons (Fsp3) is 0.846. The lowest BCUT2D eigenvalue weighted by Crippen LogP contribution is -2.21. The van der Waals surface area contributed by atoms with Crippen LogP contribution < -0.4 is 0 Å². The van der Waals surface area contributed by atoms with Crippen molar-refractivity contribution in [3.8, 4) is 0 Å². The van der Waals surface area contributed by atoms with Crippen LogP contribution in [-0.2, 0) is 19.4 Å². The molecule has 0 spiro atoms. The number of hydrogen-bond donors (Lipinski definition) is 0. The summed E-state index contributed by atoms with van der Waals surface area (Å²) in [6, 6.07) is 0. The minimum atomic E-state index is 0.781. The van der Waals surface area contributed by atoms with Crippen LogP contribution in [0.15, 0.2) is 0 Å². The van der Waals surface area contributed by atoms with E-state index in [2.05, 4.69) is 33.6 Å². The molecule has 0 saturated carbocycles. The Morgan fingerprint density at radius 3 is 2.88 bits per heavy atom. The van der Waals surface area contributed by atoms with Gasteiger partial charge in [0.05, 0.1) is 0 Å². The van der Waals surface area contributed by atoms with Crippen LogP contribution in [0, 0.1) is 11.8 Å². The average molecular weight is 234 g/mol. The van der Waals surface area contributed by atoms with Gasteiger partial charge in [0.2, 0.25) is 0 Å². The van der Waals surface area contributed by atoms with Crippen LogP contribution >= 0.6 is 0 Å². The number of aromatic nitrogens is 3. The Balaban J connectivity index is 1.73. The molecule has 4 nitrogen and oxygen atoms in total. The molecule has 4 heteroatoms. The predicted octanol–water partition coefficient (Wildman–Crippen LogP) is 1.35. The Morgan fingerprint density at radius 1 is 1.24 bits per heavy atom. The molecule has 2 atom stereocenters. The molecular weight excluding hydrogens is 212 g/mol. The summed E-state index contributed by atoms with van der Waals surface area (Å²) in [5.74, 6) is 4.00. The molecule has 3 heterocycles. The second-order valence-corrected chi connectivity index (χ2v) is 5.91. The van der Waals surface area contributed by atoms with Crippen molar-refractivity contribution in [1.29, 1.82) is 0 Å². The highest BCUT2D eigenvalue weighted by Gasteiger charge is 2.25. The minimum absolute atomic E-state index is 0.781. The first-order valence-corrected chi connectivity index (χ1v) is 6.82. The van der Waals surface area contributed by atoms with Gasteiger partial charge in [-0.25, -0.2) is 0 Å². The van der Waals surface area contributed by atoms with E-state index in [9.17, 15) is 0 Å². The van der Waals surface area contributed by atoms with Crippen LogP contribution in [0.25, 0.3) is 0 Å². The molecule has 1 saturated heterocycles. The monoisotopic (exact) mass is 234 g/mol. The second-order valence-electron chi connectivity index (χ2n) is 5.91. The molecule has 2 unspecified atom stereocenters. The zero-order valence-electron chi connectivity index (χ0n) is 10.9. The largest absolute Gasteiger partial charge is 0.315 e. The van der Waals surface area contributed by atoms with Crippen molar-refractivity contribution in [3.05, 3.63) is 11.6 Å².